The fourth-order valence-corrected chi connectivity index (χ4v) is 1.78. The first kappa shape index (κ1) is 12.3. The van der Waals surface area contributed by atoms with E-state index in [4.69, 9.17) is 9.52 Å². The van der Waals surface area contributed by atoms with Gasteiger partial charge in [-0.05, 0) is 31.0 Å². The summed E-state index contributed by atoms with van der Waals surface area (Å²) >= 11 is 0. The lowest BCUT2D eigenvalue weighted by Crippen LogP contribution is -2.08. The molecule has 0 bridgehead atoms. The number of aliphatic hydroxyl groups excluding tert-OH is 1. The second-order valence-corrected chi connectivity index (χ2v) is 4.16. The largest absolute Gasteiger partial charge is 0.475 e. The van der Waals surface area contributed by atoms with Gasteiger partial charge < -0.3 is 14.6 Å². The number of aromatic carboxylic acids is 1. The van der Waals surface area contributed by atoms with Crippen molar-refractivity contribution in [3.8, 4) is 0 Å². The van der Waals surface area contributed by atoms with E-state index in [1.807, 2.05) is 0 Å². The third-order valence-corrected chi connectivity index (χ3v) is 2.53. The fourth-order valence-electron chi connectivity index (χ4n) is 1.78. The Balaban J connectivity index is 2.58. The van der Waals surface area contributed by atoms with E-state index >= 15 is 0 Å². The zero-order chi connectivity index (χ0) is 13.3. The monoisotopic (exact) mass is 248 g/mol. The SMILES string of the molecule is CC(O)Cc1ccc2oc(C(=O)O)cc(=O)c2c1. The maximum Gasteiger partial charge on any atom is 0.371 e. The molecule has 2 rings (SSSR count). The average Bonchev–Trinajstić information content (AvgIpc) is 2.28. The van der Waals surface area contributed by atoms with E-state index in [1.165, 1.54) is 0 Å². The number of carboxylic acids is 1. The van der Waals surface area contributed by atoms with Gasteiger partial charge in [-0.1, -0.05) is 6.07 Å². The molecule has 1 aromatic carbocycles. The molecule has 18 heavy (non-hydrogen) atoms. The topological polar surface area (TPSA) is 87.7 Å². The number of carbonyl (C=O) groups is 1. The number of fused-ring (bicyclic) bond motifs is 1. The molecule has 94 valence electrons. The highest BCUT2D eigenvalue weighted by atomic mass is 16.4. The zero-order valence-corrected chi connectivity index (χ0v) is 9.71. The minimum absolute atomic E-state index is 0.231. The Bertz CT molecular complexity index is 654. The molecule has 0 aliphatic heterocycles. The summed E-state index contributed by atoms with van der Waals surface area (Å²) in [5.74, 6) is -1.65. The van der Waals surface area contributed by atoms with Gasteiger partial charge in [0.25, 0.3) is 0 Å². The second-order valence-electron chi connectivity index (χ2n) is 4.16. The molecule has 1 atom stereocenters. The molecule has 0 fully saturated rings. The quantitative estimate of drug-likeness (QED) is 0.857. The Morgan fingerprint density at radius 3 is 2.72 bits per heavy atom. The van der Waals surface area contributed by atoms with E-state index in [-0.39, 0.29) is 11.3 Å². The van der Waals surface area contributed by atoms with Gasteiger partial charge in [-0.15, -0.1) is 0 Å². The number of aliphatic hydroxyl groups is 1. The van der Waals surface area contributed by atoms with Crippen molar-refractivity contribution in [1.82, 2.24) is 0 Å². The van der Waals surface area contributed by atoms with Gasteiger partial charge in [-0.25, -0.2) is 4.79 Å². The molecular formula is C13H12O5. The molecular weight excluding hydrogens is 236 g/mol. The van der Waals surface area contributed by atoms with Crippen LogP contribution in [0.5, 0.6) is 0 Å². The van der Waals surface area contributed by atoms with Crippen LogP contribution < -0.4 is 5.43 Å². The van der Waals surface area contributed by atoms with Crippen molar-refractivity contribution in [2.45, 2.75) is 19.4 Å². The molecule has 0 saturated heterocycles. The molecule has 0 amide bonds. The van der Waals surface area contributed by atoms with E-state index in [9.17, 15) is 14.7 Å². The van der Waals surface area contributed by atoms with Crippen molar-refractivity contribution >= 4 is 16.9 Å². The summed E-state index contributed by atoms with van der Waals surface area (Å²) in [4.78, 5) is 22.5. The van der Waals surface area contributed by atoms with Crippen molar-refractivity contribution in [1.29, 1.82) is 0 Å². The smallest absolute Gasteiger partial charge is 0.371 e. The van der Waals surface area contributed by atoms with Crippen molar-refractivity contribution in [2.24, 2.45) is 0 Å². The summed E-state index contributed by atoms with van der Waals surface area (Å²) in [6.07, 6.45) is -0.0800. The predicted octanol–water partition coefficient (Wildman–Crippen LogP) is 1.41. The van der Waals surface area contributed by atoms with Crippen LogP contribution >= 0.6 is 0 Å². The molecule has 5 nitrogen and oxygen atoms in total. The number of carboxylic acid groups (broad SMARTS) is 1. The van der Waals surface area contributed by atoms with Gasteiger partial charge >= 0.3 is 5.97 Å². The summed E-state index contributed by atoms with van der Waals surface area (Å²) < 4.78 is 5.10. The molecule has 1 unspecified atom stereocenters. The maximum atomic E-state index is 11.8. The van der Waals surface area contributed by atoms with Crippen LogP contribution in [0.2, 0.25) is 0 Å². The Hall–Kier alpha value is -2.14. The van der Waals surface area contributed by atoms with Crippen molar-refractivity contribution in [3.63, 3.8) is 0 Å². The maximum absolute atomic E-state index is 11.8. The first-order valence-electron chi connectivity index (χ1n) is 5.45. The van der Waals surface area contributed by atoms with Gasteiger partial charge in [-0.3, -0.25) is 4.79 Å². The lowest BCUT2D eigenvalue weighted by atomic mass is 10.1. The van der Waals surface area contributed by atoms with Gasteiger partial charge in [0, 0.05) is 6.07 Å². The number of hydrogen-bond acceptors (Lipinski definition) is 4. The Morgan fingerprint density at radius 1 is 1.39 bits per heavy atom. The summed E-state index contributed by atoms with van der Waals surface area (Å²) in [6, 6.07) is 5.81. The first-order valence-corrected chi connectivity index (χ1v) is 5.45. The molecule has 2 N–H and O–H groups in total. The van der Waals surface area contributed by atoms with Crippen LogP contribution in [0.3, 0.4) is 0 Å². The summed E-state index contributed by atoms with van der Waals surface area (Å²) in [6.45, 7) is 1.65. The van der Waals surface area contributed by atoms with Gasteiger partial charge in [0.15, 0.2) is 5.43 Å². The molecule has 5 heteroatoms. The minimum Gasteiger partial charge on any atom is -0.475 e. The summed E-state index contributed by atoms with van der Waals surface area (Å²) in [5, 5.41) is 18.4. The normalized spacial score (nSPS) is 12.6. The molecule has 0 saturated carbocycles. The van der Waals surface area contributed by atoms with E-state index in [1.54, 1.807) is 25.1 Å². The Morgan fingerprint density at radius 2 is 2.11 bits per heavy atom. The van der Waals surface area contributed by atoms with Crippen LogP contribution in [0.4, 0.5) is 0 Å². The second kappa shape index (κ2) is 4.62. The zero-order valence-electron chi connectivity index (χ0n) is 9.71. The van der Waals surface area contributed by atoms with Gasteiger partial charge in [0.2, 0.25) is 5.76 Å². The predicted molar refractivity (Wildman–Crippen MR) is 64.8 cm³/mol. The van der Waals surface area contributed by atoms with Crippen molar-refractivity contribution < 1.29 is 19.4 Å². The van der Waals surface area contributed by atoms with Crippen molar-refractivity contribution in [3.05, 3.63) is 45.8 Å². The molecule has 0 aliphatic carbocycles. The molecule has 0 aliphatic rings. The molecule has 1 aromatic heterocycles. The highest BCUT2D eigenvalue weighted by Crippen LogP contribution is 2.15. The molecule has 0 spiro atoms. The fraction of sp³-hybridized carbons (Fsp3) is 0.231. The molecule has 2 aromatic rings. The van der Waals surface area contributed by atoms with Crippen LogP contribution in [0.25, 0.3) is 11.0 Å². The van der Waals surface area contributed by atoms with Crippen LogP contribution in [0.1, 0.15) is 23.0 Å². The molecule has 1 heterocycles. The van der Waals surface area contributed by atoms with Crippen LogP contribution in [-0.2, 0) is 6.42 Å². The van der Waals surface area contributed by atoms with Gasteiger partial charge in [-0.2, -0.15) is 0 Å². The van der Waals surface area contributed by atoms with E-state index in [0.29, 0.717) is 11.8 Å². The van der Waals surface area contributed by atoms with Gasteiger partial charge in [0.1, 0.15) is 5.58 Å². The minimum atomic E-state index is -1.28. The Kier molecular flexibility index (Phi) is 3.16. The number of benzene rings is 1. The van der Waals surface area contributed by atoms with Crippen LogP contribution in [-0.4, -0.2) is 22.3 Å². The summed E-state index contributed by atoms with van der Waals surface area (Å²) in [7, 11) is 0. The van der Waals surface area contributed by atoms with Crippen molar-refractivity contribution in [2.75, 3.05) is 0 Å². The highest BCUT2D eigenvalue weighted by Gasteiger charge is 2.11. The van der Waals surface area contributed by atoms with Crippen LogP contribution in [0, 0.1) is 0 Å². The van der Waals surface area contributed by atoms with E-state index < -0.39 is 17.5 Å². The third-order valence-electron chi connectivity index (χ3n) is 2.53. The summed E-state index contributed by atoms with van der Waals surface area (Å²) in [5.41, 5.74) is 0.628. The lowest BCUT2D eigenvalue weighted by Gasteiger charge is -2.05. The molecule has 0 radical (unpaired) electrons. The third kappa shape index (κ3) is 2.41. The van der Waals surface area contributed by atoms with E-state index in [0.717, 1.165) is 11.6 Å². The van der Waals surface area contributed by atoms with Crippen LogP contribution in [0.15, 0.2) is 33.5 Å². The average molecular weight is 248 g/mol. The first-order chi connectivity index (χ1) is 8.47. The number of hydrogen-bond donors (Lipinski definition) is 2. The van der Waals surface area contributed by atoms with E-state index in [2.05, 4.69) is 0 Å². The Labute approximate surface area is 102 Å². The standard InChI is InChI=1S/C13H12O5/c1-7(14)4-8-2-3-11-9(5-8)10(15)6-12(18-11)13(16)17/h2-3,5-7,14H,4H2,1H3,(H,16,17). The van der Waals surface area contributed by atoms with Gasteiger partial charge in [0.05, 0.1) is 11.5 Å². The highest BCUT2D eigenvalue weighted by molar-refractivity contribution is 5.87. The number of rotatable bonds is 3. The lowest BCUT2D eigenvalue weighted by molar-refractivity contribution is 0.0663.